The highest BCUT2D eigenvalue weighted by Crippen LogP contribution is 2.68. The van der Waals surface area contributed by atoms with Gasteiger partial charge in [-0.2, -0.15) is 0 Å². The summed E-state index contributed by atoms with van der Waals surface area (Å²) in [7, 11) is 0. The minimum atomic E-state index is 0.331. The van der Waals surface area contributed by atoms with Gasteiger partial charge in [0.1, 0.15) is 0 Å². The van der Waals surface area contributed by atoms with Gasteiger partial charge >= 0.3 is 0 Å². The summed E-state index contributed by atoms with van der Waals surface area (Å²) in [4.78, 5) is 0. The molecule has 2 aliphatic carbocycles. The van der Waals surface area contributed by atoms with Crippen LogP contribution in [0.25, 0.3) is 0 Å². The maximum atomic E-state index is 4.08. The average Bonchev–Trinajstić information content (AvgIpc) is 3.44. The van der Waals surface area contributed by atoms with E-state index in [2.05, 4.69) is 81.0 Å². The van der Waals surface area contributed by atoms with Crippen molar-refractivity contribution in [2.45, 2.75) is 127 Å². The summed E-state index contributed by atoms with van der Waals surface area (Å²) in [5, 5.41) is 0. The molecule has 0 N–H and O–H groups in total. The van der Waals surface area contributed by atoms with Crippen molar-refractivity contribution in [1.82, 2.24) is 0 Å². The molecule has 0 radical (unpaired) electrons. The summed E-state index contributed by atoms with van der Waals surface area (Å²) in [6.07, 6.45) is 17.9. The standard InChI is InChI=1S/C30H54/c1-11-16-23-18-15-19-24(26(17-12-2)30(23,10)20-13-3)25(14-4)27(5,6)28(7,8)29(9)21-22-29/h11,16,24-26H,1,12-15,17-22H2,2-10H3/b23-16-. The van der Waals surface area contributed by atoms with E-state index in [-0.39, 0.29) is 0 Å². The number of rotatable bonds is 10. The van der Waals surface area contributed by atoms with Gasteiger partial charge in [0.2, 0.25) is 0 Å². The third-order valence-corrected chi connectivity index (χ3v) is 10.7. The van der Waals surface area contributed by atoms with E-state index in [1.807, 2.05) is 0 Å². The van der Waals surface area contributed by atoms with Crippen LogP contribution in [0.15, 0.2) is 24.3 Å². The molecule has 174 valence electrons. The lowest BCUT2D eigenvalue weighted by atomic mass is 9.49. The van der Waals surface area contributed by atoms with Crippen molar-refractivity contribution in [2.24, 2.45) is 39.4 Å². The topological polar surface area (TPSA) is 0 Å². The summed E-state index contributed by atoms with van der Waals surface area (Å²) < 4.78 is 0. The first-order valence-electron chi connectivity index (χ1n) is 13.3. The van der Waals surface area contributed by atoms with Crippen molar-refractivity contribution in [3.05, 3.63) is 24.3 Å². The molecule has 0 bridgehead atoms. The summed E-state index contributed by atoms with van der Waals surface area (Å²) in [6, 6.07) is 0. The minimum absolute atomic E-state index is 0.331. The summed E-state index contributed by atoms with van der Waals surface area (Å²) >= 11 is 0. The normalized spacial score (nSPS) is 32.0. The Balaban J connectivity index is 2.54. The van der Waals surface area contributed by atoms with Crippen molar-refractivity contribution >= 4 is 0 Å². The Kier molecular flexibility index (Phi) is 8.18. The highest BCUT2D eigenvalue weighted by atomic mass is 14.6. The molecule has 0 aromatic carbocycles. The molecule has 2 aliphatic rings. The van der Waals surface area contributed by atoms with Gasteiger partial charge in [-0.3, -0.25) is 0 Å². The summed E-state index contributed by atoms with van der Waals surface area (Å²) in [6.45, 7) is 27.0. The van der Waals surface area contributed by atoms with Crippen molar-refractivity contribution in [3.8, 4) is 0 Å². The fourth-order valence-electron chi connectivity index (χ4n) is 7.73. The van der Waals surface area contributed by atoms with Gasteiger partial charge in [-0.15, -0.1) is 0 Å². The average molecular weight is 415 g/mol. The summed E-state index contributed by atoms with van der Waals surface area (Å²) in [5.41, 5.74) is 3.29. The molecule has 2 rings (SSSR count). The first-order chi connectivity index (χ1) is 14.0. The molecule has 4 unspecified atom stereocenters. The Hall–Kier alpha value is -0.520. The van der Waals surface area contributed by atoms with Crippen LogP contribution in [0.2, 0.25) is 0 Å². The minimum Gasteiger partial charge on any atom is -0.0991 e. The zero-order chi connectivity index (χ0) is 22.8. The second-order valence-corrected chi connectivity index (χ2v) is 12.5. The molecular formula is C30H54. The molecule has 0 nitrogen and oxygen atoms in total. The molecule has 0 amide bonds. The van der Waals surface area contributed by atoms with E-state index < -0.39 is 0 Å². The predicted molar refractivity (Wildman–Crippen MR) is 136 cm³/mol. The van der Waals surface area contributed by atoms with Crippen molar-refractivity contribution in [1.29, 1.82) is 0 Å². The van der Waals surface area contributed by atoms with E-state index in [1.54, 1.807) is 5.57 Å². The lowest BCUT2D eigenvalue weighted by Gasteiger charge is -2.56. The van der Waals surface area contributed by atoms with E-state index in [0.717, 1.165) is 17.8 Å². The zero-order valence-electron chi connectivity index (χ0n) is 22.2. The monoisotopic (exact) mass is 414 g/mol. The maximum Gasteiger partial charge on any atom is -0.00824 e. The molecule has 0 spiro atoms. The Bertz CT molecular complexity index is 600. The third-order valence-electron chi connectivity index (χ3n) is 10.7. The molecule has 2 saturated carbocycles. The quantitative estimate of drug-likeness (QED) is 0.312. The lowest BCUT2D eigenvalue weighted by molar-refractivity contribution is -0.0670. The van der Waals surface area contributed by atoms with E-state index in [9.17, 15) is 0 Å². The number of hydrogen-bond acceptors (Lipinski definition) is 0. The Labute approximate surface area is 190 Å². The molecule has 30 heavy (non-hydrogen) atoms. The largest absolute Gasteiger partial charge is 0.0991 e. The van der Waals surface area contributed by atoms with Crippen LogP contribution in [0.1, 0.15) is 127 Å². The zero-order valence-corrected chi connectivity index (χ0v) is 22.2. The fourth-order valence-corrected chi connectivity index (χ4v) is 7.73. The van der Waals surface area contributed by atoms with Crippen molar-refractivity contribution < 1.29 is 0 Å². The van der Waals surface area contributed by atoms with Crippen LogP contribution in [-0.4, -0.2) is 0 Å². The van der Waals surface area contributed by atoms with Crippen LogP contribution in [0.4, 0.5) is 0 Å². The molecule has 4 atom stereocenters. The lowest BCUT2D eigenvalue weighted by Crippen LogP contribution is -2.49. The van der Waals surface area contributed by atoms with Gasteiger partial charge in [0.25, 0.3) is 0 Å². The summed E-state index contributed by atoms with van der Waals surface area (Å²) in [5.74, 6) is 2.42. The van der Waals surface area contributed by atoms with Crippen LogP contribution in [0.3, 0.4) is 0 Å². The predicted octanol–water partition coefficient (Wildman–Crippen LogP) is 10.0. The van der Waals surface area contributed by atoms with Gasteiger partial charge in [0.15, 0.2) is 0 Å². The van der Waals surface area contributed by atoms with Crippen LogP contribution in [0.5, 0.6) is 0 Å². The second-order valence-electron chi connectivity index (χ2n) is 12.5. The van der Waals surface area contributed by atoms with Crippen molar-refractivity contribution in [3.63, 3.8) is 0 Å². The number of hydrogen-bond donors (Lipinski definition) is 0. The number of allylic oxidation sites excluding steroid dienone is 3. The van der Waals surface area contributed by atoms with Crippen LogP contribution >= 0.6 is 0 Å². The first kappa shape index (κ1) is 25.7. The molecular weight excluding hydrogens is 360 g/mol. The van der Waals surface area contributed by atoms with E-state index in [4.69, 9.17) is 0 Å². The molecule has 0 heteroatoms. The van der Waals surface area contributed by atoms with Crippen molar-refractivity contribution in [2.75, 3.05) is 0 Å². The van der Waals surface area contributed by atoms with Crippen LogP contribution in [-0.2, 0) is 0 Å². The molecule has 0 aromatic rings. The third kappa shape index (κ3) is 4.36. The first-order valence-corrected chi connectivity index (χ1v) is 13.3. The Morgan fingerprint density at radius 2 is 1.70 bits per heavy atom. The molecule has 2 fully saturated rings. The molecule has 0 aromatic heterocycles. The SMILES string of the molecule is C=C/C=C1/CCCC(C(CC)C(C)(C)C(C)(C)C2(C)CC2)C(CCC)C1(C)CCC. The van der Waals surface area contributed by atoms with Gasteiger partial charge in [0, 0.05) is 0 Å². The highest BCUT2D eigenvalue weighted by molar-refractivity contribution is 5.22. The van der Waals surface area contributed by atoms with Gasteiger partial charge in [-0.1, -0.05) is 106 Å². The Morgan fingerprint density at radius 3 is 2.17 bits per heavy atom. The van der Waals surface area contributed by atoms with Gasteiger partial charge < -0.3 is 0 Å². The van der Waals surface area contributed by atoms with Gasteiger partial charge in [0.05, 0.1) is 0 Å². The molecule has 0 saturated heterocycles. The maximum absolute atomic E-state index is 4.08. The van der Waals surface area contributed by atoms with E-state index in [0.29, 0.717) is 21.7 Å². The Morgan fingerprint density at radius 1 is 1.07 bits per heavy atom. The van der Waals surface area contributed by atoms with E-state index >= 15 is 0 Å². The van der Waals surface area contributed by atoms with Gasteiger partial charge in [-0.25, -0.2) is 0 Å². The molecule has 0 aliphatic heterocycles. The van der Waals surface area contributed by atoms with Gasteiger partial charge in [-0.05, 0) is 84.4 Å². The fraction of sp³-hybridized carbons (Fsp3) is 0.867. The van der Waals surface area contributed by atoms with Crippen LogP contribution in [0, 0.1) is 39.4 Å². The van der Waals surface area contributed by atoms with Crippen LogP contribution < -0.4 is 0 Å². The second kappa shape index (κ2) is 9.54. The smallest absolute Gasteiger partial charge is 0.00824 e. The highest BCUT2D eigenvalue weighted by Gasteiger charge is 2.60. The van der Waals surface area contributed by atoms with E-state index in [1.165, 1.54) is 64.2 Å². The molecule has 0 heterocycles.